The minimum absolute atomic E-state index is 0.209. The van der Waals surface area contributed by atoms with E-state index in [4.69, 9.17) is 23.2 Å². The van der Waals surface area contributed by atoms with Crippen LogP contribution in [-0.2, 0) is 6.54 Å². The van der Waals surface area contributed by atoms with Gasteiger partial charge in [-0.25, -0.2) is 4.68 Å². The first-order chi connectivity index (χ1) is 6.25. The molecule has 0 aliphatic heterocycles. The highest BCUT2D eigenvalue weighted by atomic mass is 35.5. The van der Waals surface area contributed by atoms with Crippen LogP contribution in [0.1, 0.15) is 12.8 Å². The van der Waals surface area contributed by atoms with Gasteiger partial charge in [0.1, 0.15) is 5.02 Å². The molecule has 0 unspecified atom stereocenters. The third-order valence-corrected chi connectivity index (χ3v) is 2.17. The largest absolute Gasteiger partial charge is 0.285 e. The fraction of sp³-hybridized carbons (Fsp3) is 0.500. The minimum atomic E-state index is -0.237. The first-order valence-electron chi connectivity index (χ1n) is 4.03. The maximum absolute atomic E-state index is 11.3. The topological polar surface area (TPSA) is 34.9 Å². The molecule has 0 saturated heterocycles. The van der Waals surface area contributed by atoms with Crippen LogP contribution in [0.15, 0.2) is 17.1 Å². The average molecular weight is 221 g/mol. The van der Waals surface area contributed by atoms with Gasteiger partial charge in [-0.2, -0.15) is 5.10 Å². The van der Waals surface area contributed by atoms with Crippen molar-refractivity contribution in [2.45, 2.75) is 19.4 Å². The van der Waals surface area contributed by atoms with Crippen molar-refractivity contribution in [1.29, 1.82) is 0 Å². The molecule has 72 valence electrons. The molecule has 0 atom stereocenters. The summed E-state index contributed by atoms with van der Waals surface area (Å²) in [5.74, 6) is 0.606. The van der Waals surface area contributed by atoms with Crippen LogP contribution in [0, 0.1) is 0 Å². The van der Waals surface area contributed by atoms with Gasteiger partial charge in [-0.3, -0.25) is 4.79 Å². The molecule has 5 heteroatoms. The van der Waals surface area contributed by atoms with Gasteiger partial charge in [-0.15, -0.1) is 11.6 Å². The SMILES string of the molecule is O=c1c(Cl)ccnn1CCCCCl. The lowest BCUT2D eigenvalue weighted by atomic mass is 10.3. The zero-order chi connectivity index (χ0) is 9.68. The molecule has 13 heavy (non-hydrogen) atoms. The van der Waals surface area contributed by atoms with Gasteiger partial charge in [0.2, 0.25) is 0 Å². The first kappa shape index (κ1) is 10.5. The Balaban J connectivity index is 2.67. The van der Waals surface area contributed by atoms with Crippen LogP contribution in [0.2, 0.25) is 5.02 Å². The second-order valence-electron chi connectivity index (χ2n) is 2.60. The van der Waals surface area contributed by atoms with Crippen LogP contribution >= 0.6 is 23.2 Å². The minimum Gasteiger partial charge on any atom is -0.266 e. The van der Waals surface area contributed by atoms with Crippen LogP contribution in [0.5, 0.6) is 0 Å². The van der Waals surface area contributed by atoms with Crippen molar-refractivity contribution < 1.29 is 0 Å². The summed E-state index contributed by atoms with van der Waals surface area (Å²) < 4.78 is 1.36. The van der Waals surface area contributed by atoms with E-state index in [1.807, 2.05) is 0 Å². The molecule has 0 aromatic carbocycles. The zero-order valence-corrected chi connectivity index (χ0v) is 8.55. The molecule has 3 nitrogen and oxygen atoms in total. The Hall–Kier alpha value is -0.540. The summed E-state index contributed by atoms with van der Waals surface area (Å²) in [5, 5.41) is 4.10. The molecule has 1 aromatic rings. The summed E-state index contributed by atoms with van der Waals surface area (Å²) in [5.41, 5.74) is -0.237. The van der Waals surface area contributed by atoms with Crippen LogP contribution in [0.25, 0.3) is 0 Å². The van der Waals surface area contributed by atoms with Gasteiger partial charge in [0.15, 0.2) is 0 Å². The van der Waals surface area contributed by atoms with Crippen LogP contribution in [-0.4, -0.2) is 15.7 Å². The van der Waals surface area contributed by atoms with Gasteiger partial charge in [0.05, 0.1) is 0 Å². The summed E-state index contributed by atoms with van der Waals surface area (Å²) >= 11 is 11.1. The summed E-state index contributed by atoms with van der Waals surface area (Å²) in [6.45, 7) is 0.576. The predicted molar refractivity (Wildman–Crippen MR) is 53.5 cm³/mol. The quantitative estimate of drug-likeness (QED) is 0.575. The Kier molecular flexibility index (Phi) is 4.25. The molecule has 0 radical (unpaired) electrons. The molecular weight excluding hydrogens is 211 g/mol. The average Bonchev–Trinajstić information content (AvgIpc) is 2.13. The molecule has 0 aliphatic rings. The lowest BCUT2D eigenvalue weighted by Gasteiger charge is -2.02. The van der Waals surface area contributed by atoms with E-state index in [2.05, 4.69) is 5.10 Å². The fourth-order valence-corrected chi connectivity index (χ4v) is 1.28. The van der Waals surface area contributed by atoms with Crippen molar-refractivity contribution in [2.24, 2.45) is 0 Å². The number of halogens is 2. The van der Waals surface area contributed by atoms with E-state index in [9.17, 15) is 4.79 Å². The van der Waals surface area contributed by atoms with Gasteiger partial charge in [0, 0.05) is 18.6 Å². The number of unbranched alkanes of at least 4 members (excludes halogenated alkanes) is 1. The summed E-state index contributed by atoms with van der Waals surface area (Å²) in [7, 11) is 0. The van der Waals surface area contributed by atoms with Crippen molar-refractivity contribution in [3.8, 4) is 0 Å². The van der Waals surface area contributed by atoms with E-state index in [0.29, 0.717) is 12.4 Å². The zero-order valence-electron chi connectivity index (χ0n) is 7.04. The number of hydrogen-bond donors (Lipinski definition) is 0. The number of rotatable bonds is 4. The van der Waals surface area contributed by atoms with Gasteiger partial charge in [-0.05, 0) is 18.9 Å². The molecule has 0 aliphatic carbocycles. The second kappa shape index (κ2) is 5.25. The van der Waals surface area contributed by atoms with E-state index < -0.39 is 0 Å². The first-order valence-corrected chi connectivity index (χ1v) is 4.94. The molecule has 0 saturated carbocycles. The third-order valence-electron chi connectivity index (χ3n) is 1.62. The Morgan fingerprint density at radius 3 is 2.92 bits per heavy atom. The van der Waals surface area contributed by atoms with E-state index in [1.165, 1.54) is 16.9 Å². The lowest BCUT2D eigenvalue weighted by Crippen LogP contribution is -2.22. The molecule has 0 fully saturated rings. The highest BCUT2D eigenvalue weighted by Crippen LogP contribution is 1.98. The summed E-state index contributed by atoms with van der Waals surface area (Å²) in [6.07, 6.45) is 3.24. The van der Waals surface area contributed by atoms with Gasteiger partial charge in [0.25, 0.3) is 5.56 Å². The van der Waals surface area contributed by atoms with Crippen molar-refractivity contribution in [2.75, 3.05) is 5.88 Å². The van der Waals surface area contributed by atoms with Crippen LogP contribution in [0.4, 0.5) is 0 Å². The predicted octanol–water partition coefficient (Wildman–Crippen LogP) is 1.92. The highest BCUT2D eigenvalue weighted by molar-refractivity contribution is 6.30. The van der Waals surface area contributed by atoms with Crippen molar-refractivity contribution in [3.05, 3.63) is 27.6 Å². The smallest absolute Gasteiger partial charge is 0.266 e. The molecule has 0 spiro atoms. The van der Waals surface area contributed by atoms with Crippen LogP contribution < -0.4 is 5.56 Å². The van der Waals surface area contributed by atoms with Crippen LogP contribution in [0.3, 0.4) is 0 Å². The lowest BCUT2D eigenvalue weighted by molar-refractivity contribution is 0.544. The van der Waals surface area contributed by atoms with E-state index in [0.717, 1.165) is 12.8 Å². The number of alkyl halides is 1. The Bertz CT molecular complexity index is 324. The van der Waals surface area contributed by atoms with Crippen molar-refractivity contribution in [3.63, 3.8) is 0 Å². The van der Waals surface area contributed by atoms with E-state index >= 15 is 0 Å². The van der Waals surface area contributed by atoms with Gasteiger partial charge >= 0.3 is 0 Å². The number of nitrogens with zero attached hydrogens (tertiary/aromatic N) is 2. The molecular formula is C8H10Cl2N2O. The Morgan fingerprint density at radius 2 is 2.23 bits per heavy atom. The molecule has 1 heterocycles. The molecule has 0 N–H and O–H groups in total. The van der Waals surface area contributed by atoms with E-state index in [-0.39, 0.29) is 10.6 Å². The Morgan fingerprint density at radius 1 is 1.46 bits per heavy atom. The molecule has 1 aromatic heterocycles. The standard InChI is InChI=1S/C8H10Cl2N2O/c9-4-1-2-6-12-8(13)7(10)3-5-11-12/h3,5H,1-2,4,6H2. The maximum Gasteiger partial charge on any atom is 0.285 e. The van der Waals surface area contributed by atoms with Crippen molar-refractivity contribution in [1.82, 2.24) is 9.78 Å². The Labute approximate surface area is 86.3 Å². The third kappa shape index (κ3) is 3.01. The second-order valence-corrected chi connectivity index (χ2v) is 3.39. The summed E-state index contributed by atoms with van der Waals surface area (Å²) in [6, 6.07) is 1.49. The molecule has 1 rings (SSSR count). The van der Waals surface area contributed by atoms with Gasteiger partial charge in [-0.1, -0.05) is 11.6 Å². The molecule has 0 amide bonds. The fourth-order valence-electron chi connectivity index (χ4n) is 0.942. The monoisotopic (exact) mass is 220 g/mol. The summed E-state index contributed by atoms with van der Waals surface area (Å²) in [4.78, 5) is 11.3. The van der Waals surface area contributed by atoms with Gasteiger partial charge < -0.3 is 0 Å². The number of aromatic nitrogens is 2. The molecule has 0 bridgehead atoms. The normalized spacial score (nSPS) is 10.3. The van der Waals surface area contributed by atoms with E-state index in [1.54, 1.807) is 0 Å². The number of hydrogen-bond acceptors (Lipinski definition) is 2. The maximum atomic E-state index is 11.3. The number of aryl methyl sites for hydroxylation is 1. The van der Waals surface area contributed by atoms with Crippen molar-refractivity contribution >= 4 is 23.2 Å². The highest BCUT2D eigenvalue weighted by Gasteiger charge is 2.00.